The molecule has 6 aromatic carbocycles. The van der Waals surface area contributed by atoms with Crippen LogP contribution in [0.4, 0.5) is 0 Å². The largest absolute Gasteiger partial charge is 1.00 e. The number of nitrogens with two attached hydrogens (primary N) is 2. The van der Waals surface area contributed by atoms with Gasteiger partial charge < -0.3 is 45.1 Å². The first kappa shape index (κ1) is 48.7. The van der Waals surface area contributed by atoms with Gasteiger partial charge in [0, 0.05) is 49.2 Å². The van der Waals surface area contributed by atoms with E-state index in [4.69, 9.17) is 39.6 Å². The zero-order valence-electron chi connectivity index (χ0n) is 36.3. The quantitative estimate of drug-likeness (QED) is 0.0769. The van der Waals surface area contributed by atoms with Crippen LogP contribution in [0.25, 0.3) is 44.5 Å². The standard InChI is InChI=1S/C26H26N2O4.C24H22N2O4.Na.H2O/c1-3-30-25(29)14-21-8-4-5-10-24(21)31-16-19-12-22(20-9-6-7-18(11-20)15-27)26-23(13-19)28-17(2)32-26;1-15-26-21-11-17(14-29-22-8-3-2-6-19(22)12-23(27)28)10-20(24(21)30-15)18-7-4-5-16(9-18)13-25;;/h4-13H,3,14-16,27H2,1-2H3;2-11H,12-14,25H2,1H3,(H,27,28);;1H2/q;;+1;/p-1. The van der Waals surface area contributed by atoms with Crippen molar-refractivity contribution in [2.45, 2.75) is 59.9 Å². The minimum Gasteiger partial charge on any atom is -0.870 e. The van der Waals surface area contributed by atoms with Gasteiger partial charge in [-0.25, -0.2) is 9.97 Å². The van der Waals surface area contributed by atoms with Crippen molar-refractivity contribution in [2.24, 2.45) is 11.5 Å². The number of hydrogen-bond donors (Lipinski definition) is 3. The Labute approximate surface area is 393 Å². The molecule has 8 aromatic rings. The molecule has 0 unspecified atom stereocenters. The van der Waals surface area contributed by atoms with Gasteiger partial charge in [0.25, 0.3) is 0 Å². The van der Waals surface area contributed by atoms with E-state index in [1.54, 1.807) is 25.1 Å². The molecule has 0 aliphatic rings. The molecule has 2 heterocycles. The number of carbonyl (C=O) groups excluding carboxylic acids is 1. The minimum absolute atomic E-state index is 0. The molecule has 6 N–H and O–H groups in total. The average Bonchev–Trinajstić information content (AvgIpc) is 3.85. The van der Waals surface area contributed by atoms with Gasteiger partial charge in [0.2, 0.25) is 0 Å². The smallest absolute Gasteiger partial charge is 0.870 e. The maximum absolute atomic E-state index is 11.9. The minimum atomic E-state index is -0.896. The Balaban J connectivity index is 0.000000234. The van der Waals surface area contributed by atoms with Crippen molar-refractivity contribution in [2.75, 3.05) is 6.61 Å². The summed E-state index contributed by atoms with van der Waals surface area (Å²) in [6.07, 6.45) is 0.0808. The second-order valence-electron chi connectivity index (χ2n) is 14.6. The molecular weight excluding hydrogens is 824 g/mol. The number of ether oxygens (including phenoxy) is 3. The summed E-state index contributed by atoms with van der Waals surface area (Å²) in [5, 5.41) is 9.12. The summed E-state index contributed by atoms with van der Waals surface area (Å²) in [6, 6.07) is 38.7. The van der Waals surface area contributed by atoms with Crippen molar-refractivity contribution >= 4 is 34.1 Å². The van der Waals surface area contributed by atoms with Crippen LogP contribution in [0.1, 0.15) is 52.1 Å². The molecule has 324 valence electrons. The maximum atomic E-state index is 11.9. The van der Waals surface area contributed by atoms with Crippen molar-refractivity contribution in [3.05, 3.63) is 166 Å². The monoisotopic (exact) mass is 872 g/mol. The Bertz CT molecular complexity index is 2860. The van der Waals surface area contributed by atoms with E-state index >= 15 is 0 Å². The third-order valence-electron chi connectivity index (χ3n) is 9.98. The van der Waals surface area contributed by atoms with Crippen LogP contribution in [0, 0.1) is 13.8 Å². The molecule has 0 spiro atoms. The summed E-state index contributed by atoms with van der Waals surface area (Å²) in [5.74, 6) is 1.24. The number of aryl methyl sites for hydroxylation is 2. The Morgan fingerprint density at radius 1 is 0.609 bits per heavy atom. The summed E-state index contributed by atoms with van der Waals surface area (Å²) in [7, 11) is 0. The van der Waals surface area contributed by atoms with Crippen LogP contribution in [0.3, 0.4) is 0 Å². The third-order valence-corrected chi connectivity index (χ3v) is 9.98. The number of hydrogen-bond acceptors (Lipinski definition) is 12. The first-order valence-electron chi connectivity index (χ1n) is 20.3. The molecule has 0 atom stereocenters. The fourth-order valence-electron chi connectivity index (χ4n) is 7.17. The number of carboxylic acid groups (broad SMARTS) is 1. The predicted octanol–water partition coefficient (Wildman–Crippen LogP) is 6.24. The number of rotatable bonds is 15. The molecule has 0 radical (unpaired) electrons. The van der Waals surface area contributed by atoms with E-state index in [1.807, 2.05) is 105 Å². The van der Waals surface area contributed by atoms with E-state index in [9.17, 15) is 9.59 Å². The molecule has 0 aliphatic carbocycles. The van der Waals surface area contributed by atoms with E-state index in [0.717, 1.165) is 72.3 Å². The van der Waals surface area contributed by atoms with Crippen molar-refractivity contribution in [3.8, 4) is 33.8 Å². The molecule has 0 aliphatic heterocycles. The molecule has 0 bridgehead atoms. The van der Waals surface area contributed by atoms with Gasteiger partial charge >= 0.3 is 41.5 Å². The van der Waals surface area contributed by atoms with Gasteiger partial charge in [-0.15, -0.1) is 0 Å². The van der Waals surface area contributed by atoms with Gasteiger partial charge in [-0.1, -0.05) is 72.8 Å². The second kappa shape index (κ2) is 22.9. The topological polar surface area (TPSA) is 216 Å². The van der Waals surface area contributed by atoms with Crippen LogP contribution in [-0.4, -0.2) is 39.1 Å². The van der Waals surface area contributed by atoms with Crippen LogP contribution in [0.15, 0.2) is 130 Å². The van der Waals surface area contributed by atoms with E-state index in [-0.39, 0.29) is 60.5 Å². The molecule has 2 aromatic heterocycles. The number of fused-ring (bicyclic) bond motifs is 2. The van der Waals surface area contributed by atoms with Crippen LogP contribution in [0.2, 0.25) is 0 Å². The molecule has 0 saturated heterocycles. The Morgan fingerprint density at radius 2 is 1.06 bits per heavy atom. The molecule has 0 saturated carbocycles. The third kappa shape index (κ3) is 12.2. The van der Waals surface area contributed by atoms with Gasteiger partial charge in [-0.05, 0) is 88.8 Å². The van der Waals surface area contributed by atoms with E-state index < -0.39 is 5.97 Å². The summed E-state index contributed by atoms with van der Waals surface area (Å²) in [5.41, 5.74) is 23.9. The second-order valence-corrected chi connectivity index (χ2v) is 14.6. The van der Waals surface area contributed by atoms with E-state index in [0.29, 0.717) is 55.1 Å². The number of carbonyl (C=O) groups is 2. The van der Waals surface area contributed by atoms with Gasteiger partial charge in [0.15, 0.2) is 22.9 Å². The summed E-state index contributed by atoms with van der Waals surface area (Å²) in [6.45, 7) is 7.33. The Morgan fingerprint density at radius 3 is 1.50 bits per heavy atom. The number of aliphatic carboxylic acids is 1. The molecule has 0 amide bonds. The number of aromatic nitrogens is 2. The fourth-order valence-corrected chi connectivity index (χ4v) is 7.17. The van der Waals surface area contributed by atoms with Gasteiger partial charge in [0.05, 0.1) is 19.4 Å². The number of esters is 1. The summed E-state index contributed by atoms with van der Waals surface area (Å²) >= 11 is 0. The zero-order chi connectivity index (χ0) is 43.6. The normalized spacial score (nSPS) is 10.6. The van der Waals surface area contributed by atoms with Crippen LogP contribution in [0.5, 0.6) is 11.5 Å². The number of para-hydroxylation sites is 2. The predicted molar refractivity (Wildman–Crippen MR) is 239 cm³/mol. The average molecular weight is 873 g/mol. The van der Waals surface area contributed by atoms with Crippen molar-refractivity contribution in [1.82, 2.24) is 9.97 Å². The van der Waals surface area contributed by atoms with Crippen molar-refractivity contribution < 1.29 is 72.8 Å². The molecule has 64 heavy (non-hydrogen) atoms. The summed E-state index contributed by atoms with van der Waals surface area (Å²) in [4.78, 5) is 32.1. The number of nitrogens with zero attached hydrogens (tertiary/aromatic N) is 2. The van der Waals surface area contributed by atoms with Crippen LogP contribution in [-0.2, 0) is 53.5 Å². The molecule has 8 rings (SSSR count). The first-order chi connectivity index (χ1) is 30.1. The molecular formula is C50H49N4NaO9. The number of carboxylic acids is 1. The Hall–Kier alpha value is -6.32. The molecule has 14 heteroatoms. The van der Waals surface area contributed by atoms with Crippen molar-refractivity contribution in [1.29, 1.82) is 0 Å². The molecule has 0 fully saturated rings. The van der Waals surface area contributed by atoms with Crippen LogP contribution >= 0.6 is 0 Å². The fraction of sp³-hybridized carbons (Fsp3) is 0.200. The van der Waals surface area contributed by atoms with Gasteiger partial charge in [-0.2, -0.15) is 0 Å². The van der Waals surface area contributed by atoms with Crippen molar-refractivity contribution in [3.63, 3.8) is 0 Å². The zero-order valence-corrected chi connectivity index (χ0v) is 38.3. The SMILES string of the molecule is CCOC(=O)Cc1ccccc1OCc1cc(-c2cccc(CN)c2)c2oc(C)nc2c1.Cc1nc2cc(COc3ccccc3CC(=O)O)cc(-c3cccc(CN)c3)c2o1.[Na+].[OH-]. The van der Waals surface area contributed by atoms with E-state index in [2.05, 4.69) is 22.1 Å². The summed E-state index contributed by atoms with van der Waals surface area (Å²) < 4.78 is 28.9. The van der Waals surface area contributed by atoms with Gasteiger partial charge in [0.1, 0.15) is 35.7 Å². The van der Waals surface area contributed by atoms with Gasteiger partial charge in [-0.3, -0.25) is 9.59 Å². The molecule has 13 nitrogen and oxygen atoms in total. The Kier molecular flexibility index (Phi) is 17.4. The van der Waals surface area contributed by atoms with Crippen LogP contribution < -0.4 is 50.5 Å². The maximum Gasteiger partial charge on any atom is 1.00 e. The number of oxazole rings is 2. The first-order valence-corrected chi connectivity index (χ1v) is 20.3. The van der Waals surface area contributed by atoms with E-state index in [1.165, 1.54) is 0 Å². The number of benzene rings is 6.